The molecule has 0 saturated heterocycles. The van der Waals surface area contributed by atoms with Gasteiger partial charge in [-0.05, 0) is 19.1 Å². The number of hydrogen-bond acceptors (Lipinski definition) is 7. The number of nitrogens with zero attached hydrogens (tertiary/aromatic N) is 2. The lowest BCUT2D eigenvalue weighted by molar-refractivity contribution is -2.00. The maximum atomic E-state index is 12.9. The Hall–Kier alpha value is -3.21. The van der Waals surface area contributed by atoms with Gasteiger partial charge in [-0.2, -0.15) is 4.57 Å². The molecule has 9 nitrogen and oxygen atoms in total. The molecule has 0 saturated carbocycles. The van der Waals surface area contributed by atoms with E-state index in [2.05, 4.69) is 0 Å². The highest BCUT2D eigenvalue weighted by Crippen LogP contribution is 2.29. The number of ketones is 1. The Bertz CT molecular complexity index is 1090. The SMILES string of the molecule is Cc1ccc(C(=O)c2cc([N+](=O)[O-])c(-c3ccccc3)[n+](C)c2C)cc1.[O-][Cl+3]([O-])([O-])[O-]. The second-order valence-corrected chi connectivity index (χ2v) is 7.39. The summed E-state index contributed by atoms with van der Waals surface area (Å²) in [5.74, 6) is -0.221. The summed E-state index contributed by atoms with van der Waals surface area (Å²) in [6.07, 6.45) is 0. The molecule has 0 radical (unpaired) electrons. The summed E-state index contributed by atoms with van der Waals surface area (Å²) in [5.41, 5.74) is 3.71. The van der Waals surface area contributed by atoms with E-state index < -0.39 is 15.2 Å². The van der Waals surface area contributed by atoms with Crippen molar-refractivity contribution in [1.29, 1.82) is 0 Å². The first-order chi connectivity index (χ1) is 14.4. The molecule has 0 amide bonds. The van der Waals surface area contributed by atoms with Gasteiger partial charge in [-0.3, -0.25) is 14.9 Å². The largest absolute Gasteiger partial charge is 0.341 e. The van der Waals surface area contributed by atoms with Crippen LogP contribution in [0.5, 0.6) is 0 Å². The molecule has 2 aromatic carbocycles. The van der Waals surface area contributed by atoms with E-state index in [9.17, 15) is 14.9 Å². The van der Waals surface area contributed by atoms with Gasteiger partial charge in [0.1, 0.15) is 7.05 Å². The molecular formula is C21H19ClN2O7. The Kier molecular flexibility index (Phi) is 7.55. The second kappa shape index (κ2) is 9.73. The number of carbonyl (C=O) groups excluding carboxylic acids is 1. The first-order valence-electron chi connectivity index (χ1n) is 8.86. The van der Waals surface area contributed by atoms with Gasteiger partial charge >= 0.3 is 5.69 Å². The predicted octanol–water partition coefficient (Wildman–Crippen LogP) is -0.822. The van der Waals surface area contributed by atoms with E-state index in [0.29, 0.717) is 22.5 Å². The van der Waals surface area contributed by atoms with Gasteiger partial charge in [0.2, 0.25) is 0 Å². The Morgan fingerprint density at radius 2 is 1.45 bits per heavy atom. The minimum atomic E-state index is -4.94. The molecule has 0 fully saturated rings. The first-order valence-corrected chi connectivity index (χ1v) is 10.1. The predicted molar refractivity (Wildman–Crippen MR) is 99.1 cm³/mol. The van der Waals surface area contributed by atoms with Crippen molar-refractivity contribution in [2.75, 3.05) is 0 Å². The van der Waals surface area contributed by atoms with E-state index in [1.807, 2.05) is 49.4 Å². The van der Waals surface area contributed by atoms with Crippen molar-refractivity contribution in [2.45, 2.75) is 13.8 Å². The van der Waals surface area contributed by atoms with Crippen molar-refractivity contribution in [1.82, 2.24) is 0 Å². The fourth-order valence-corrected chi connectivity index (χ4v) is 3.00. The average molecular weight is 447 g/mol. The maximum Gasteiger partial charge on any atom is 0.341 e. The third-order valence-electron chi connectivity index (χ3n) is 4.55. The van der Waals surface area contributed by atoms with Crippen LogP contribution in [0.15, 0.2) is 60.7 Å². The molecule has 3 rings (SSSR count). The van der Waals surface area contributed by atoms with Crippen molar-refractivity contribution in [3.05, 3.63) is 93.2 Å². The Morgan fingerprint density at radius 3 is 1.94 bits per heavy atom. The zero-order chi connectivity index (χ0) is 23.3. The van der Waals surface area contributed by atoms with Crippen LogP contribution in [0.2, 0.25) is 0 Å². The summed E-state index contributed by atoms with van der Waals surface area (Å²) in [4.78, 5) is 24.2. The molecule has 3 aromatic rings. The molecule has 0 aliphatic heterocycles. The zero-order valence-corrected chi connectivity index (χ0v) is 17.7. The van der Waals surface area contributed by atoms with E-state index in [0.717, 1.165) is 11.1 Å². The molecule has 0 aliphatic carbocycles. The number of hydrogen-bond donors (Lipinski definition) is 0. The number of aromatic nitrogens is 1. The van der Waals surface area contributed by atoms with E-state index >= 15 is 0 Å². The van der Waals surface area contributed by atoms with Crippen LogP contribution >= 0.6 is 0 Å². The normalized spacial score (nSPS) is 10.8. The molecule has 1 heterocycles. The van der Waals surface area contributed by atoms with E-state index in [1.54, 1.807) is 30.7 Å². The van der Waals surface area contributed by atoms with Gasteiger partial charge in [0.25, 0.3) is 5.69 Å². The molecule has 31 heavy (non-hydrogen) atoms. The van der Waals surface area contributed by atoms with Crippen LogP contribution in [-0.2, 0) is 7.05 Å². The highest BCUT2D eigenvalue weighted by Gasteiger charge is 2.31. The molecule has 0 spiro atoms. The number of carbonyl (C=O) groups is 1. The molecule has 0 N–H and O–H groups in total. The van der Waals surface area contributed by atoms with Crippen molar-refractivity contribution >= 4 is 11.5 Å². The number of nitro groups is 1. The Balaban J connectivity index is 0.000000614. The van der Waals surface area contributed by atoms with Crippen LogP contribution in [0.1, 0.15) is 27.2 Å². The van der Waals surface area contributed by atoms with Gasteiger partial charge in [-0.1, -0.05) is 48.0 Å². The van der Waals surface area contributed by atoms with E-state index in [4.69, 9.17) is 18.6 Å². The van der Waals surface area contributed by atoms with Crippen LogP contribution in [0.4, 0.5) is 5.69 Å². The number of aryl methyl sites for hydroxylation is 1. The molecule has 0 unspecified atom stereocenters. The molecule has 1 aromatic heterocycles. The van der Waals surface area contributed by atoms with Crippen molar-refractivity contribution in [3.63, 3.8) is 0 Å². The van der Waals surface area contributed by atoms with Crippen molar-refractivity contribution in [3.8, 4) is 11.3 Å². The van der Waals surface area contributed by atoms with Crippen LogP contribution in [0, 0.1) is 34.2 Å². The summed E-state index contributed by atoms with van der Waals surface area (Å²) < 4.78 is 35.7. The standard InChI is InChI=1S/C21H19N2O3.ClHO4/c1-14-9-11-17(12-10-14)21(24)18-13-19(23(25)26)20(22(3)15(18)2)16-7-5-4-6-8-16;2-1(3,4)5/h4-13H,1-3H3;(H,2,3,4,5)/q+1;/p-1. The smallest absolute Gasteiger partial charge is 0.288 e. The van der Waals surface area contributed by atoms with Crippen molar-refractivity contribution in [2.24, 2.45) is 7.05 Å². The highest BCUT2D eigenvalue weighted by molar-refractivity contribution is 6.10. The summed E-state index contributed by atoms with van der Waals surface area (Å²) in [6, 6.07) is 17.8. The molecule has 0 atom stereocenters. The van der Waals surface area contributed by atoms with Gasteiger partial charge in [0.15, 0.2) is 11.5 Å². The lowest BCUT2D eigenvalue weighted by atomic mass is 9.98. The minimum Gasteiger partial charge on any atom is -0.288 e. The van der Waals surface area contributed by atoms with E-state index in [1.165, 1.54) is 6.07 Å². The monoisotopic (exact) mass is 446 g/mol. The third-order valence-corrected chi connectivity index (χ3v) is 4.55. The van der Waals surface area contributed by atoms with E-state index in [-0.39, 0.29) is 11.5 Å². The molecule has 0 aliphatic rings. The summed E-state index contributed by atoms with van der Waals surface area (Å²) >= 11 is 0. The second-order valence-electron chi connectivity index (χ2n) is 6.63. The molecule has 162 valence electrons. The minimum absolute atomic E-state index is 0.0836. The summed E-state index contributed by atoms with van der Waals surface area (Å²) in [5, 5.41) is 11.7. The number of pyridine rings is 1. The molecule has 10 heteroatoms. The van der Waals surface area contributed by atoms with Crippen LogP contribution in [-0.4, -0.2) is 10.7 Å². The molecule has 0 bridgehead atoms. The number of rotatable bonds is 4. The fraction of sp³-hybridized carbons (Fsp3) is 0.143. The van der Waals surface area contributed by atoms with Gasteiger partial charge in [-0.25, -0.2) is 18.6 Å². The molecular weight excluding hydrogens is 428 g/mol. The quantitative estimate of drug-likeness (QED) is 0.219. The Morgan fingerprint density at radius 1 is 0.935 bits per heavy atom. The fourth-order valence-electron chi connectivity index (χ4n) is 3.00. The van der Waals surface area contributed by atoms with Crippen molar-refractivity contribution < 1.29 is 43.2 Å². The third kappa shape index (κ3) is 6.38. The number of halogens is 1. The highest BCUT2D eigenvalue weighted by atomic mass is 35.7. The summed E-state index contributed by atoms with van der Waals surface area (Å²) in [7, 11) is -3.20. The lowest BCUT2D eigenvalue weighted by Gasteiger charge is -2.17. The zero-order valence-electron chi connectivity index (χ0n) is 16.9. The topological polar surface area (TPSA) is 156 Å². The Labute approximate surface area is 180 Å². The average Bonchev–Trinajstić information content (AvgIpc) is 2.69. The summed E-state index contributed by atoms with van der Waals surface area (Å²) in [6.45, 7) is 3.75. The first kappa shape index (κ1) is 24.1. The van der Waals surface area contributed by atoms with Gasteiger partial charge in [0, 0.05) is 18.6 Å². The van der Waals surface area contributed by atoms with Gasteiger partial charge < -0.3 is 0 Å². The lowest BCUT2D eigenvalue weighted by Crippen LogP contribution is -2.68. The van der Waals surface area contributed by atoms with Gasteiger partial charge in [-0.15, -0.1) is 10.2 Å². The number of benzene rings is 2. The van der Waals surface area contributed by atoms with Crippen LogP contribution in [0.25, 0.3) is 11.3 Å². The van der Waals surface area contributed by atoms with Crippen LogP contribution in [0.3, 0.4) is 0 Å². The van der Waals surface area contributed by atoms with Crippen LogP contribution < -0.4 is 23.2 Å². The van der Waals surface area contributed by atoms with Gasteiger partial charge in [0.05, 0.1) is 16.1 Å². The maximum absolute atomic E-state index is 12.9.